The summed E-state index contributed by atoms with van der Waals surface area (Å²) in [5.41, 5.74) is 1.56. The van der Waals surface area contributed by atoms with E-state index in [4.69, 9.17) is 0 Å². The molecule has 2 rings (SSSR count). The summed E-state index contributed by atoms with van der Waals surface area (Å²) >= 11 is 0. The highest BCUT2D eigenvalue weighted by molar-refractivity contribution is 6.19. The number of unbranched alkanes of at least 4 members (excludes halogenated alkanes) is 1. The van der Waals surface area contributed by atoms with Gasteiger partial charge in [-0.25, -0.2) is 0 Å². The summed E-state index contributed by atoms with van der Waals surface area (Å²) in [6.45, 7) is 7.38. The molecule has 0 aromatic rings. The first kappa shape index (κ1) is 11.8. The second kappa shape index (κ2) is 3.94. The van der Waals surface area contributed by atoms with Gasteiger partial charge in [-0.3, -0.25) is 4.79 Å². The topological polar surface area (TPSA) is 20.3 Å². The molecule has 2 nitrogen and oxygen atoms in total. The van der Waals surface area contributed by atoms with E-state index in [0.29, 0.717) is 11.8 Å². The minimum absolute atomic E-state index is 0.0933. The number of rotatable bonds is 2. The van der Waals surface area contributed by atoms with Gasteiger partial charge in [-0.15, -0.1) is 0 Å². The highest BCUT2D eigenvalue weighted by Gasteiger charge is 2.54. The van der Waals surface area contributed by atoms with Crippen molar-refractivity contribution in [2.45, 2.75) is 45.5 Å². The lowest BCUT2D eigenvalue weighted by Crippen LogP contribution is -2.43. The zero-order chi connectivity index (χ0) is 11.9. The summed E-state index contributed by atoms with van der Waals surface area (Å²) < 4.78 is 0. The van der Waals surface area contributed by atoms with Gasteiger partial charge in [0.1, 0.15) is 7.85 Å². The average molecular weight is 219 g/mol. The van der Waals surface area contributed by atoms with Gasteiger partial charge in [-0.05, 0) is 18.8 Å². The fourth-order valence-electron chi connectivity index (χ4n) is 3.21. The normalized spacial score (nSPS) is 40.8. The van der Waals surface area contributed by atoms with Gasteiger partial charge in [0, 0.05) is 17.9 Å². The summed E-state index contributed by atoms with van der Waals surface area (Å²) in [6, 6.07) is 0. The first-order chi connectivity index (χ1) is 7.50. The molecule has 0 aromatic carbocycles. The Kier molecular flexibility index (Phi) is 2.89. The fourth-order valence-corrected chi connectivity index (χ4v) is 3.21. The van der Waals surface area contributed by atoms with Crippen LogP contribution >= 0.6 is 0 Å². The van der Waals surface area contributed by atoms with E-state index in [1.165, 1.54) is 12.0 Å². The quantitative estimate of drug-likeness (QED) is 0.509. The van der Waals surface area contributed by atoms with Gasteiger partial charge < -0.3 is 4.90 Å². The molecular weight excluding hydrogens is 197 g/mol. The van der Waals surface area contributed by atoms with E-state index in [0.717, 1.165) is 19.4 Å². The van der Waals surface area contributed by atoms with Crippen molar-refractivity contribution in [3.8, 4) is 0 Å². The molecule has 0 spiro atoms. The Labute approximate surface area is 99.5 Å². The predicted octanol–water partition coefficient (Wildman–Crippen LogP) is 1.56. The van der Waals surface area contributed by atoms with Crippen molar-refractivity contribution in [2.24, 2.45) is 11.8 Å². The molecule has 0 bridgehead atoms. The number of hydrogen-bond donors (Lipinski definition) is 0. The number of allylic oxidation sites excluding steroid dienone is 1. The molecule has 2 aliphatic heterocycles. The predicted molar refractivity (Wildman–Crippen MR) is 68.9 cm³/mol. The largest absolute Gasteiger partial charge is 0.340 e. The molecule has 3 atom stereocenters. The summed E-state index contributed by atoms with van der Waals surface area (Å²) in [5, 5.41) is 0. The molecule has 88 valence electrons. The Morgan fingerprint density at radius 1 is 1.56 bits per heavy atom. The van der Waals surface area contributed by atoms with Crippen LogP contribution in [0, 0.1) is 11.8 Å². The lowest BCUT2D eigenvalue weighted by molar-refractivity contribution is -0.131. The molecule has 16 heavy (non-hydrogen) atoms. The van der Waals surface area contributed by atoms with E-state index >= 15 is 0 Å². The summed E-state index contributed by atoms with van der Waals surface area (Å²) in [7, 11) is 2.26. The van der Waals surface area contributed by atoms with E-state index in [1.54, 1.807) is 0 Å². The highest BCUT2D eigenvalue weighted by atomic mass is 16.2. The summed E-state index contributed by atoms with van der Waals surface area (Å²) in [6.07, 6.45) is 5.77. The number of fused-ring (bicyclic) bond motifs is 1. The molecule has 2 heterocycles. The van der Waals surface area contributed by atoms with Crippen LogP contribution in [0.4, 0.5) is 0 Å². The van der Waals surface area contributed by atoms with Crippen LogP contribution in [0.5, 0.6) is 0 Å². The molecule has 2 aliphatic rings. The third kappa shape index (κ3) is 1.52. The third-order valence-electron chi connectivity index (χ3n) is 4.67. The number of amides is 1. The second-order valence-corrected chi connectivity index (χ2v) is 5.69. The summed E-state index contributed by atoms with van der Waals surface area (Å²) in [5.74, 6) is 1.04. The molecule has 3 heteroatoms. The van der Waals surface area contributed by atoms with Crippen molar-refractivity contribution in [2.75, 3.05) is 6.54 Å². The molecule has 0 aliphatic carbocycles. The zero-order valence-electron chi connectivity index (χ0n) is 10.9. The Bertz CT molecular complexity index is 339. The van der Waals surface area contributed by atoms with E-state index in [1.807, 2.05) is 0 Å². The molecule has 2 saturated heterocycles. The van der Waals surface area contributed by atoms with Gasteiger partial charge >= 0.3 is 0 Å². The van der Waals surface area contributed by atoms with Crippen LogP contribution in [0.25, 0.3) is 0 Å². The monoisotopic (exact) mass is 219 g/mol. The molecule has 1 amide bonds. The Morgan fingerprint density at radius 3 is 2.81 bits per heavy atom. The van der Waals surface area contributed by atoms with Gasteiger partial charge in [0.25, 0.3) is 0 Å². The first-order valence-electron chi connectivity index (χ1n) is 6.50. The van der Waals surface area contributed by atoms with Gasteiger partial charge in [-0.1, -0.05) is 38.8 Å². The maximum Gasteiger partial charge on any atom is 0.225 e. The van der Waals surface area contributed by atoms with Gasteiger partial charge in [0.05, 0.1) is 0 Å². The number of carbonyl (C=O) groups excluding carboxylic acids is 1. The highest BCUT2D eigenvalue weighted by Crippen LogP contribution is 2.46. The molecule has 3 unspecified atom stereocenters. The van der Waals surface area contributed by atoms with Gasteiger partial charge in [0.15, 0.2) is 0 Å². The molecule has 0 N–H and O–H groups in total. The van der Waals surface area contributed by atoms with E-state index in [9.17, 15) is 4.79 Å². The van der Waals surface area contributed by atoms with Crippen LogP contribution in [0.3, 0.4) is 0 Å². The SMILES string of the molecule is BC12C/C(=C\CCC)CN1C(=O)C(C)C2C. The number of hydrogen-bond acceptors (Lipinski definition) is 1. The lowest BCUT2D eigenvalue weighted by atomic mass is 9.66. The average Bonchev–Trinajstić information content (AvgIpc) is 2.67. The molecular formula is C13H22BNO. The van der Waals surface area contributed by atoms with Crippen LogP contribution < -0.4 is 0 Å². The first-order valence-corrected chi connectivity index (χ1v) is 6.50. The van der Waals surface area contributed by atoms with Crippen LogP contribution in [-0.2, 0) is 4.79 Å². The molecule has 0 radical (unpaired) electrons. The second-order valence-electron chi connectivity index (χ2n) is 5.69. The van der Waals surface area contributed by atoms with E-state index in [-0.39, 0.29) is 11.4 Å². The lowest BCUT2D eigenvalue weighted by Gasteiger charge is -2.31. The van der Waals surface area contributed by atoms with Crippen molar-refractivity contribution in [3.63, 3.8) is 0 Å². The standard InChI is InChI=1S/C13H22BNO/c1-4-5-6-11-7-13(14)10(3)9(2)12(16)15(13)8-11/h6,9-10H,4-5,7-8,14H2,1-3H3/b11-6+. The van der Waals surface area contributed by atoms with Crippen molar-refractivity contribution in [1.29, 1.82) is 0 Å². The van der Waals surface area contributed by atoms with E-state index in [2.05, 4.69) is 39.6 Å². The van der Waals surface area contributed by atoms with Crippen LogP contribution in [0.15, 0.2) is 11.6 Å². The zero-order valence-corrected chi connectivity index (χ0v) is 10.9. The Morgan fingerprint density at radius 2 is 2.25 bits per heavy atom. The molecule has 0 aromatic heterocycles. The van der Waals surface area contributed by atoms with Gasteiger partial charge in [0.2, 0.25) is 5.91 Å². The number of carbonyl (C=O) groups is 1. The fraction of sp³-hybridized carbons (Fsp3) is 0.769. The summed E-state index contributed by atoms with van der Waals surface area (Å²) in [4.78, 5) is 14.2. The van der Waals surface area contributed by atoms with Crippen molar-refractivity contribution in [1.82, 2.24) is 4.90 Å². The minimum atomic E-state index is 0.0933. The van der Waals surface area contributed by atoms with E-state index < -0.39 is 0 Å². The maximum atomic E-state index is 12.1. The van der Waals surface area contributed by atoms with Crippen LogP contribution in [0.1, 0.15) is 40.0 Å². The number of nitrogens with zero attached hydrogens (tertiary/aromatic N) is 1. The minimum Gasteiger partial charge on any atom is -0.340 e. The van der Waals surface area contributed by atoms with Crippen molar-refractivity contribution in [3.05, 3.63) is 11.6 Å². The van der Waals surface area contributed by atoms with Crippen LogP contribution in [0.2, 0.25) is 0 Å². The van der Waals surface area contributed by atoms with Crippen molar-refractivity contribution >= 4 is 13.8 Å². The Hall–Kier alpha value is -0.725. The molecule has 2 fully saturated rings. The Balaban J connectivity index is 2.20. The molecule has 0 saturated carbocycles. The van der Waals surface area contributed by atoms with Crippen molar-refractivity contribution < 1.29 is 4.79 Å². The van der Waals surface area contributed by atoms with Crippen LogP contribution in [-0.4, -0.2) is 30.6 Å². The maximum absolute atomic E-state index is 12.1. The van der Waals surface area contributed by atoms with Gasteiger partial charge in [-0.2, -0.15) is 0 Å². The smallest absolute Gasteiger partial charge is 0.225 e. The third-order valence-corrected chi connectivity index (χ3v) is 4.67.